The highest BCUT2D eigenvalue weighted by molar-refractivity contribution is 6.08. The number of rotatable bonds is 7. The molecule has 12 nitrogen and oxygen atoms in total. The lowest BCUT2D eigenvalue weighted by molar-refractivity contribution is -0.132. The summed E-state index contributed by atoms with van der Waals surface area (Å²) in [6.45, 7) is 11.2. The molecule has 0 unspecified atom stereocenters. The fourth-order valence-electron chi connectivity index (χ4n) is 4.87. The van der Waals surface area contributed by atoms with E-state index >= 15 is 0 Å². The zero-order chi connectivity index (χ0) is 30.0. The number of ether oxygens (including phenoxy) is 2. The maximum absolute atomic E-state index is 13.6. The lowest BCUT2D eigenvalue weighted by Gasteiger charge is -2.37. The number of nitrogens with one attached hydrogen (secondary N) is 2. The van der Waals surface area contributed by atoms with Crippen LogP contribution >= 0.6 is 0 Å². The third-order valence-electron chi connectivity index (χ3n) is 7.11. The molecule has 0 saturated carbocycles. The van der Waals surface area contributed by atoms with Gasteiger partial charge in [-0.1, -0.05) is 12.6 Å². The second-order valence-corrected chi connectivity index (χ2v) is 10.4. The first-order valence-electron chi connectivity index (χ1n) is 13.5. The number of aromatic nitrogens is 2. The molecular weight excluding hydrogens is 538 g/mol. The van der Waals surface area contributed by atoms with Gasteiger partial charge < -0.3 is 29.9 Å². The molecule has 12 heteroatoms. The molecule has 2 N–H and O–H groups in total. The molecule has 1 aromatic heterocycles. The first-order valence-corrected chi connectivity index (χ1v) is 13.5. The number of piperazine rings is 1. The van der Waals surface area contributed by atoms with E-state index in [0.717, 1.165) is 18.8 Å². The van der Waals surface area contributed by atoms with E-state index in [0.29, 0.717) is 41.7 Å². The topological polar surface area (TPSA) is 129 Å². The normalized spacial score (nSPS) is 15.8. The average Bonchev–Trinajstić information content (AvgIpc) is 2.98. The van der Waals surface area contributed by atoms with Gasteiger partial charge >= 0.3 is 0 Å². The maximum Gasteiger partial charge on any atom is 0.276 e. The standard InChI is InChI=1S/C30H33N7O5/c1-6-26(39)32-20-8-7-9-22(16-20)37-27-25(42-30(3,4)28(37)40)18-31-29(34-27)33-23-11-10-21(17-24(23)41-5)36-14-12-35(13-15-36)19(2)38/h6-11,16-18H,1,12-15H2,2-5H3,(H,32,39)(H,31,33,34). The predicted molar refractivity (Wildman–Crippen MR) is 160 cm³/mol. The van der Waals surface area contributed by atoms with E-state index in [4.69, 9.17) is 9.47 Å². The Morgan fingerprint density at radius 1 is 1.10 bits per heavy atom. The molecule has 0 spiro atoms. The maximum atomic E-state index is 13.6. The van der Waals surface area contributed by atoms with Gasteiger partial charge in [-0.2, -0.15) is 4.98 Å². The molecule has 0 radical (unpaired) electrons. The molecule has 2 aromatic carbocycles. The number of amides is 3. The number of methoxy groups -OCH3 is 1. The van der Waals surface area contributed by atoms with Crippen LogP contribution in [-0.4, -0.2) is 71.5 Å². The van der Waals surface area contributed by atoms with Crippen LogP contribution < -0.4 is 29.9 Å². The van der Waals surface area contributed by atoms with Crippen molar-refractivity contribution in [3.8, 4) is 11.5 Å². The van der Waals surface area contributed by atoms with E-state index in [9.17, 15) is 14.4 Å². The second kappa shape index (κ2) is 11.4. The van der Waals surface area contributed by atoms with Crippen LogP contribution in [0.4, 0.5) is 34.5 Å². The van der Waals surface area contributed by atoms with Gasteiger partial charge in [-0.3, -0.25) is 19.3 Å². The van der Waals surface area contributed by atoms with Crippen LogP contribution in [0, 0.1) is 0 Å². The molecule has 3 heterocycles. The summed E-state index contributed by atoms with van der Waals surface area (Å²) in [6, 6.07) is 12.6. The zero-order valence-corrected chi connectivity index (χ0v) is 24.0. The SMILES string of the molecule is C=CC(=O)Nc1cccc(N2C(=O)C(C)(C)Oc3cnc(Nc4ccc(N5CCN(C(C)=O)CC5)cc4OC)nc32)c1. The van der Waals surface area contributed by atoms with E-state index in [-0.39, 0.29) is 29.5 Å². The minimum Gasteiger partial charge on any atom is -0.494 e. The van der Waals surface area contributed by atoms with E-state index in [2.05, 4.69) is 32.1 Å². The Kier molecular flexibility index (Phi) is 7.70. The number of fused-ring (bicyclic) bond motifs is 1. The van der Waals surface area contributed by atoms with Crippen molar-refractivity contribution in [3.05, 3.63) is 61.3 Å². The van der Waals surface area contributed by atoms with Gasteiger partial charge in [-0.25, -0.2) is 4.98 Å². The van der Waals surface area contributed by atoms with Crippen LogP contribution in [-0.2, 0) is 14.4 Å². The van der Waals surface area contributed by atoms with E-state index in [1.165, 1.54) is 17.2 Å². The van der Waals surface area contributed by atoms with Gasteiger partial charge in [0.25, 0.3) is 5.91 Å². The zero-order valence-electron chi connectivity index (χ0n) is 24.0. The van der Waals surface area contributed by atoms with Crippen molar-refractivity contribution in [2.24, 2.45) is 0 Å². The smallest absolute Gasteiger partial charge is 0.276 e. The van der Waals surface area contributed by atoms with Gasteiger partial charge in [0, 0.05) is 50.5 Å². The molecule has 2 aliphatic rings. The first-order chi connectivity index (χ1) is 20.1. The molecule has 3 amide bonds. The van der Waals surface area contributed by atoms with E-state index < -0.39 is 5.60 Å². The first kappa shape index (κ1) is 28.4. The Bertz CT molecular complexity index is 1550. The van der Waals surface area contributed by atoms with Gasteiger partial charge in [0.2, 0.25) is 17.8 Å². The lowest BCUT2D eigenvalue weighted by Crippen LogP contribution is -2.51. The van der Waals surface area contributed by atoms with Gasteiger partial charge in [-0.05, 0) is 50.3 Å². The van der Waals surface area contributed by atoms with Crippen LogP contribution in [0.3, 0.4) is 0 Å². The summed E-state index contributed by atoms with van der Waals surface area (Å²) < 4.78 is 11.6. The quantitative estimate of drug-likeness (QED) is 0.406. The summed E-state index contributed by atoms with van der Waals surface area (Å²) in [5.74, 6) is 0.775. The molecule has 3 aromatic rings. The molecule has 1 saturated heterocycles. The Labute approximate surface area is 243 Å². The van der Waals surface area contributed by atoms with Crippen LogP contribution in [0.2, 0.25) is 0 Å². The molecule has 42 heavy (non-hydrogen) atoms. The summed E-state index contributed by atoms with van der Waals surface area (Å²) in [5.41, 5.74) is 1.42. The number of carbonyl (C=O) groups excluding carboxylic acids is 3. The Balaban J connectivity index is 1.43. The fourth-order valence-corrected chi connectivity index (χ4v) is 4.87. The molecule has 2 aliphatic heterocycles. The summed E-state index contributed by atoms with van der Waals surface area (Å²) in [7, 11) is 1.58. The van der Waals surface area contributed by atoms with Crippen molar-refractivity contribution >= 4 is 52.2 Å². The molecular formula is C30H33N7O5. The summed E-state index contributed by atoms with van der Waals surface area (Å²) in [5, 5.41) is 5.91. The number of hydrogen-bond acceptors (Lipinski definition) is 9. The van der Waals surface area contributed by atoms with Crippen molar-refractivity contribution in [3.63, 3.8) is 0 Å². The third-order valence-corrected chi connectivity index (χ3v) is 7.11. The molecule has 218 valence electrons. The van der Waals surface area contributed by atoms with Crippen molar-refractivity contribution in [2.45, 2.75) is 26.4 Å². The molecule has 0 atom stereocenters. The number of benzene rings is 2. The summed E-state index contributed by atoms with van der Waals surface area (Å²) in [6.07, 6.45) is 2.69. The number of nitrogens with zero attached hydrogens (tertiary/aromatic N) is 5. The summed E-state index contributed by atoms with van der Waals surface area (Å²) >= 11 is 0. The second-order valence-electron chi connectivity index (χ2n) is 10.4. The highest BCUT2D eigenvalue weighted by Gasteiger charge is 2.43. The highest BCUT2D eigenvalue weighted by atomic mass is 16.5. The van der Waals surface area contributed by atoms with E-state index in [1.807, 2.05) is 23.1 Å². The van der Waals surface area contributed by atoms with Crippen molar-refractivity contribution in [1.82, 2.24) is 14.9 Å². The Hall–Kier alpha value is -5.13. The van der Waals surface area contributed by atoms with Gasteiger partial charge in [-0.15, -0.1) is 0 Å². The van der Waals surface area contributed by atoms with Crippen LogP contribution in [0.1, 0.15) is 20.8 Å². The van der Waals surface area contributed by atoms with Crippen LogP contribution in [0.25, 0.3) is 0 Å². The molecule has 1 fully saturated rings. The monoisotopic (exact) mass is 571 g/mol. The molecule has 5 rings (SSSR count). The number of anilines is 6. The third kappa shape index (κ3) is 5.69. The number of carbonyl (C=O) groups is 3. The van der Waals surface area contributed by atoms with Gasteiger partial charge in [0.1, 0.15) is 5.75 Å². The Morgan fingerprint density at radius 2 is 1.86 bits per heavy atom. The average molecular weight is 572 g/mol. The Morgan fingerprint density at radius 3 is 2.55 bits per heavy atom. The fraction of sp³-hybridized carbons (Fsp3) is 0.300. The van der Waals surface area contributed by atoms with Crippen molar-refractivity contribution in [1.29, 1.82) is 0 Å². The predicted octanol–water partition coefficient (Wildman–Crippen LogP) is 3.86. The van der Waals surface area contributed by atoms with E-state index in [1.54, 1.807) is 52.1 Å². The summed E-state index contributed by atoms with van der Waals surface area (Å²) in [4.78, 5) is 51.7. The molecule has 0 bridgehead atoms. The van der Waals surface area contributed by atoms with Crippen molar-refractivity contribution < 1.29 is 23.9 Å². The van der Waals surface area contributed by atoms with Crippen molar-refractivity contribution in [2.75, 3.05) is 53.7 Å². The largest absolute Gasteiger partial charge is 0.494 e. The van der Waals surface area contributed by atoms with Crippen LogP contribution in [0.15, 0.2) is 61.3 Å². The highest BCUT2D eigenvalue weighted by Crippen LogP contribution is 2.42. The minimum atomic E-state index is -1.18. The van der Waals surface area contributed by atoms with Gasteiger partial charge in [0.15, 0.2) is 17.2 Å². The van der Waals surface area contributed by atoms with Gasteiger partial charge in [0.05, 0.1) is 24.7 Å². The minimum absolute atomic E-state index is 0.0817. The lowest BCUT2D eigenvalue weighted by atomic mass is 10.0. The molecule has 0 aliphatic carbocycles. The van der Waals surface area contributed by atoms with Crippen LogP contribution in [0.5, 0.6) is 11.5 Å². The number of hydrogen-bond donors (Lipinski definition) is 2.